The van der Waals surface area contributed by atoms with Crippen molar-refractivity contribution in [1.29, 1.82) is 0 Å². The molecule has 2 amide bonds. The van der Waals surface area contributed by atoms with Gasteiger partial charge < -0.3 is 16.0 Å². The van der Waals surface area contributed by atoms with Crippen molar-refractivity contribution in [2.75, 3.05) is 18.4 Å². The Labute approximate surface area is 140 Å². The van der Waals surface area contributed by atoms with Crippen LogP contribution >= 0.6 is 12.4 Å². The van der Waals surface area contributed by atoms with Crippen molar-refractivity contribution in [3.8, 4) is 0 Å². The van der Waals surface area contributed by atoms with Gasteiger partial charge in [-0.1, -0.05) is 0 Å². The summed E-state index contributed by atoms with van der Waals surface area (Å²) in [5.41, 5.74) is 6.51. The van der Waals surface area contributed by atoms with Crippen LogP contribution in [-0.2, 0) is 4.79 Å². The first-order valence-corrected chi connectivity index (χ1v) is 7.57. The van der Waals surface area contributed by atoms with Crippen LogP contribution < -0.4 is 11.1 Å². The van der Waals surface area contributed by atoms with Crippen LogP contribution in [0.15, 0.2) is 18.2 Å². The number of hydrogen-bond donors (Lipinski definition) is 2. The third-order valence-electron chi connectivity index (χ3n) is 4.72. The summed E-state index contributed by atoms with van der Waals surface area (Å²) in [6.45, 7) is 2.68. The first-order chi connectivity index (χ1) is 10.5. The fourth-order valence-electron chi connectivity index (χ4n) is 3.60. The summed E-state index contributed by atoms with van der Waals surface area (Å²) in [6, 6.07) is 4.23. The van der Waals surface area contributed by atoms with Crippen LogP contribution in [0.25, 0.3) is 0 Å². The summed E-state index contributed by atoms with van der Waals surface area (Å²) in [5.74, 6) is -0.195. The van der Waals surface area contributed by atoms with Gasteiger partial charge in [0.15, 0.2) is 0 Å². The van der Waals surface area contributed by atoms with Crippen LogP contribution in [0.1, 0.15) is 30.1 Å². The molecule has 0 radical (unpaired) electrons. The minimum Gasteiger partial charge on any atom is -0.338 e. The molecular formula is C16H21ClFN3O2. The molecule has 3 N–H and O–H groups in total. The molecule has 1 aromatic carbocycles. The molecule has 2 aliphatic rings. The minimum atomic E-state index is -0.549. The molecule has 3 atom stereocenters. The number of nitrogens with two attached hydrogens (primary N) is 1. The number of amides is 2. The Balaban J connectivity index is 0.00000192. The number of benzene rings is 1. The summed E-state index contributed by atoms with van der Waals surface area (Å²) in [4.78, 5) is 25.5. The third-order valence-corrected chi connectivity index (χ3v) is 4.72. The van der Waals surface area contributed by atoms with Crippen molar-refractivity contribution in [2.24, 2.45) is 17.6 Å². The fourth-order valence-corrected chi connectivity index (χ4v) is 3.60. The van der Waals surface area contributed by atoms with E-state index >= 15 is 0 Å². The number of nitrogens with zero attached hydrogens (tertiary/aromatic N) is 1. The zero-order valence-electron chi connectivity index (χ0n) is 12.9. The van der Waals surface area contributed by atoms with Gasteiger partial charge in [-0.3, -0.25) is 9.59 Å². The van der Waals surface area contributed by atoms with Crippen molar-refractivity contribution >= 4 is 29.9 Å². The van der Waals surface area contributed by atoms with Crippen LogP contribution in [0.3, 0.4) is 0 Å². The Morgan fingerprint density at radius 1 is 1.30 bits per heavy atom. The van der Waals surface area contributed by atoms with Gasteiger partial charge in [-0.2, -0.15) is 0 Å². The Hall–Kier alpha value is -1.66. The highest BCUT2D eigenvalue weighted by Gasteiger charge is 2.42. The van der Waals surface area contributed by atoms with E-state index in [1.807, 2.05) is 0 Å². The van der Waals surface area contributed by atoms with E-state index < -0.39 is 5.82 Å². The quantitative estimate of drug-likeness (QED) is 0.864. The molecule has 5 nitrogen and oxygen atoms in total. The second-order valence-electron chi connectivity index (χ2n) is 6.25. The molecule has 1 aliphatic carbocycles. The number of carbonyl (C=O) groups is 2. The highest BCUT2D eigenvalue weighted by molar-refractivity contribution is 5.97. The zero-order valence-corrected chi connectivity index (χ0v) is 13.7. The lowest BCUT2D eigenvalue weighted by atomic mass is 9.98. The summed E-state index contributed by atoms with van der Waals surface area (Å²) < 4.78 is 13.7. The average Bonchev–Trinajstić information content (AvgIpc) is 3.03. The predicted molar refractivity (Wildman–Crippen MR) is 88.0 cm³/mol. The number of carbonyl (C=O) groups excluding carboxylic acids is 2. The van der Waals surface area contributed by atoms with Gasteiger partial charge in [0, 0.05) is 31.6 Å². The third kappa shape index (κ3) is 3.48. The SMILES string of the molecule is CC(=O)Nc1cc(C(=O)N2CC3CCC(N)C3C2)ccc1F.Cl. The maximum Gasteiger partial charge on any atom is 0.253 e. The molecule has 3 unspecified atom stereocenters. The van der Waals surface area contributed by atoms with Gasteiger partial charge >= 0.3 is 0 Å². The summed E-state index contributed by atoms with van der Waals surface area (Å²) in [5, 5.41) is 2.40. The molecule has 126 valence electrons. The minimum absolute atomic E-state index is 0. The number of nitrogens with one attached hydrogen (secondary N) is 1. The second kappa shape index (κ2) is 6.84. The lowest BCUT2D eigenvalue weighted by molar-refractivity contribution is -0.114. The molecule has 1 saturated carbocycles. The normalized spacial score (nSPS) is 25.7. The standard InChI is InChI=1S/C16H20FN3O2.ClH/c1-9(21)19-15-6-10(2-4-13(15)17)16(22)20-7-11-3-5-14(18)12(11)8-20;/h2,4,6,11-12,14H,3,5,7-8,18H2,1H3,(H,19,21);1H. The molecule has 23 heavy (non-hydrogen) atoms. The van der Waals surface area contributed by atoms with Crippen LogP contribution in [0.4, 0.5) is 10.1 Å². The van der Waals surface area contributed by atoms with Gasteiger partial charge in [0.1, 0.15) is 5.82 Å². The summed E-state index contributed by atoms with van der Waals surface area (Å²) in [7, 11) is 0. The molecule has 1 heterocycles. The van der Waals surface area contributed by atoms with E-state index in [2.05, 4.69) is 5.32 Å². The Kier molecular flexibility index (Phi) is 5.26. The lowest BCUT2D eigenvalue weighted by Gasteiger charge is -2.19. The smallest absolute Gasteiger partial charge is 0.253 e. The highest BCUT2D eigenvalue weighted by Crippen LogP contribution is 2.37. The van der Waals surface area contributed by atoms with Crippen molar-refractivity contribution in [3.05, 3.63) is 29.6 Å². The zero-order chi connectivity index (χ0) is 15.9. The lowest BCUT2D eigenvalue weighted by Crippen LogP contribution is -2.33. The number of halogens is 2. The molecule has 1 aliphatic heterocycles. The maximum absolute atomic E-state index is 13.7. The Morgan fingerprint density at radius 3 is 2.70 bits per heavy atom. The molecule has 0 bridgehead atoms. The first-order valence-electron chi connectivity index (χ1n) is 7.57. The van der Waals surface area contributed by atoms with Crippen molar-refractivity contribution in [1.82, 2.24) is 4.90 Å². The van der Waals surface area contributed by atoms with E-state index in [0.29, 0.717) is 30.5 Å². The van der Waals surface area contributed by atoms with Crippen LogP contribution in [0.2, 0.25) is 0 Å². The van der Waals surface area contributed by atoms with Crippen molar-refractivity contribution in [3.63, 3.8) is 0 Å². The Bertz CT molecular complexity index is 625. The number of fused-ring (bicyclic) bond motifs is 1. The van der Waals surface area contributed by atoms with E-state index in [0.717, 1.165) is 12.8 Å². The molecule has 0 aromatic heterocycles. The van der Waals surface area contributed by atoms with Gasteiger partial charge in [-0.15, -0.1) is 12.4 Å². The van der Waals surface area contributed by atoms with Crippen LogP contribution in [0.5, 0.6) is 0 Å². The molecular weight excluding hydrogens is 321 g/mol. The van der Waals surface area contributed by atoms with Gasteiger partial charge in [0.2, 0.25) is 5.91 Å². The topological polar surface area (TPSA) is 75.4 Å². The fraction of sp³-hybridized carbons (Fsp3) is 0.500. The number of rotatable bonds is 2. The van der Waals surface area contributed by atoms with Crippen molar-refractivity contribution < 1.29 is 14.0 Å². The van der Waals surface area contributed by atoms with E-state index in [-0.39, 0.29) is 36.0 Å². The summed E-state index contributed by atoms with van der Waals surface area (Å²) in [6.07, 6.45) is 2.09. The van der Waals surface area contributed by atoms with E-state index in [1.165, 1.54) is 25.1 Å². The summed E-state index contributed by atoms with van der Waals surface area (Å²) >= 11 is 0. The molecule has 2 fully saturated rings. The van der Waals surface area contributed by atoms with Crippen LogP contribution in [0, 0.1) is 17.7 Å². The first kappa shape index (κ1) is 17.7. The molecule has 7 heteroatoms. The average molecular weight is 342 g/mol. The van der Waals surface area contributed by atoms with Crippen LogP contribution in [-0.4, -0.2) is 35.8 Å². The van der Waals surface area contributed by atoms with Gasteiger partial charge in [0.25, 0.3) is 5.91 Å². The molecule has 1 saturated heterocycles. The number of likely N-dealkylation sites (tertiary alicyclic amines) is 1. The number of hydrogen-bond acceptors (Lipinski definition) is 3. The second-order valence-corrected chi connectivity index (χ2v) is 6.25. The highest BCUT2D eigenvalue weighted by atomic mass is 35.5. The van der Waals surface area contributed by atoms with E-state index in [4.69, 9.17) is 5.73 Å². The van der Waals surface area contributed by atoms with E-state index in [1.54, 1.807) is 4.90 Å². The molecule has 0 spiro atoms. The van der Waals surface area contributed by atoms with Gasteiger partial charge in [-0.25, -0.2) is 4.39 Å². The largest absolute Gasteiger partial charge is 0.338 e. The maximum atomic E-state index is 13.7. The molecule has 1 aromatic rings. The Morgan fingerprint density at radius 2 is 2.04 bits per heavy atom. The van der Waals surface area contributed by atoms with Gasteiger partial charge in [-0.05, 0) is 42.9 Å². The van der Waals surface area contributed by atoms with E-state index in [9.17, 15) is 14.0 Å². The number of anilines is 1. The van der Waals surface area contributed by atoms with Crippen molar-refractivity contribution in [2.45, 2.75) is 25.8 Å². The predicted octanol–water partition coefficient (Wildman–Crippen LogP) is 2.02. The van der Waals surface area contributed by atoms with Gasteiger partial charge in [0.05, 0.1) is 5.69 Å². The monoisotopic (exact) mass is 341 g/mol. The molecule has 3 rings (SSSR count).